The molecular weight excluding hydrogens is 216 g/mol. The van der Waals surface area contributed by atoms with E-state index in [1.807, 2.05) is 0 Å². The Kier molecular flexibility index (Phi) is 3.59. The number of alkyl halides is 1. The van der Waals surface area contributed by atoms with Crippen molar-refractivity contribution in [2.24, 2.45) is 11.8 Å². The van der Waals surface area contributed by atoms with Crippen molar-refractivity contribution in [1.29, 1.82) is 0 Å². The molecule has 1 heteroatoms. The number of rotatable bonds is 4. The summed E-state index contributed by atoms with van der Waals surface area (Å²) in [6.45, 7) is 6.73. The summed E-state index contributed by atoms with van der Waals surface area (Å²) in [4.78, 5) is 0. The van der Waals surface area contributed by atoms with E-state index in [1.165, 1.54) is 23.1 Å². The average molecular weight is 237 g/mol. The minimum atomic E-state index is 0.228. The Bertz CT molecular complexity index is 370. The van der Waals surface area contributed by atoms with Crippen LogP contribution in [0.2, 0.25) is 0 Å². The zero-order valence-corrected chi connectivity index (χ0v) is 11.2. The third kappa shape index (κ3) is 2.27. The summed E-state index contributed by atoms with van der Waals surface area (Å²) in [5, 5.41) is 0.228. The molecule has 88 valence electrons. The standard InChI is InChI=1S/C15H21Cl/c1-4-11-6-7-13(9-12(11)5-2)15(16)14-8-10(14)3/h6-7,9-10,14-15H,4-5,8H2,1-3H3. The number of hydrogen-bond acceptors (Lipinski definition) is 0. The van der Waals surface area contributed by atoms with Crippen molar-refractivity contribution in [2.45, 2.75) is 45.4 Å². The normalized spacial score (nSPS) is 25.5. The molecule has 0 N–H and O–H groups in total. The van der Waals surface area contributed by atoms with Crippen molar-refractivity contribution in [1.82, 2.24) is 0 Å². The van der Waals surface area contributed by atoms with Crippen LogP contribution in [0.4, 0.5) is 0 Å². The highest BCUT2D eigenvalue weighted by Crippen LogP contribution is 2.50. The molecule has 16 heavy (non-hydrogen) atoms. The fourth-order valence-corrected chi connectivity index (χ4v) is 2.98. The van der Waals surface area contributed by atoms with Gasteiger partial charge in [-0.2, -0.15) is 0 Å². The van der Waals surface area contributed by atoms with Crippen molar-refractivity contribution in [2.75, 3.05) is 0 Å². The minimum Gasteiger partial charge on any atom is -0.118 e. The van der Waals surface area contributed by atoms with Gasteiger partial charge in [0.25, 0.3) is 0 Å². The van der Waals surface area contributed by atoms with E-state index in [9.17, 15) is 0 Å². The van der Waals surface area contributed by atoms with E-state index in [1.54, 1.807) is 0 Å². The van der Waals surface area contributed by atoms with Gasteiger partial charge in [0.05, 0.1) is 5.38 Å². The van der Waals surface area contributed by atoms with Gasteiger partial charge in [-0.25, -0.2) is 0 Å². The third-order valence-corrected chi connectivity index (χ3v) is 4.43. The smallest absolute Gasteiger partial charge is 0.0616 e. The maximum absolute atomic E-state index is 6.52. The summed E-state index contributed by atoms with van der Waals surface area (Å²) < 4.78 is 0. The molecule has 1 saturated carbocycles. The first kappa shape index (κ1) is 12.0. The van der Waals surface area contributed by atoms with Gasteiger partial charge in [-0.15, -0.1) is 11.6 Å². The van der Waals surface area contributed by atoms with Gasteiger partial charge in [-0.1, -0.05) is 39.0 Å². The Morgan fingerprint density at radius 2 is 1.88 bits per heavy atom. The van der Waals surface area contributed by atoms with Crippen LogP contribution in [-0.4, -0.2) is 0 Å². The van der Waals surface area contributed by atoms with E-state index >= 15 is 0 Å². The van der Waals surface area contributed by atoms with Gasteiger partial charge in [0.1, 0.15) is 0 Å². The SMILES string of the molecule is CCc1ccc(C(Cl)C2CC2C)cc1CC. The summed E-state index contributed by atoms with van der Waals surface area (Å²) in [5.74, 6) is 1.53. The molecule has 2 rings (SSSR count). The van der Waals surface area contributed by atoms with Crippen LogP contribution in [0.3, 0.4) is 0 Å². The van der Waals surface area contributed by atoms with E-state index in [4.69, 9.17) is 11.6 Å². The molecule has 0 radical (unpaired) electrons. The lowest BCUT2D eigenvalue weighted by atomic mass is 9.97. The van der Waals surface area contributed by atoms with E-state index in [0.29, 0.717) is 5.92 Å². The number of halogens is 1. The van der Waals surface area contributed by atoms with Crippen molar-refractivity contribution < 1.29 is 0 Å². The molecular formula is C15H21Cl. The van der Waals surface area contributed by atoms with Crippen molar-refractivity contribution >= 4 is 11.6 Å². The van der Waals surface area contributed by atoms with Gasteiger partial charge < -0.3 is 0 Å². The lowest BCUT2D eigenvalue weighted by Crippen LogP contribution is -1.98. The van der Waals surface area contributed by atoms with E-state index in [0.717, 1.165) is 18.8 Å². The molecule has 0 bridgehead atoms. The molecule has 1 fully saturated rings. The maximum Gasteiger partial charge on any atom is 0.0616 e. The zero-order valence-electron chi connectivity index (χ0n) is 10.5. The summed E-state index contributed by atoms with van der Waals surface area (Å²) in [6.07, 6.45) is 3.53. The molecule has 1 aromatic carbocycles. The van der Waals surface area contributed by atoms with Crippen LogP contribution in [0.1, 0.15) is 49.3 Å². The number of benzene rings is 1. The van der Waals surface area contributed by atoms with Crippen LogP contribution in [0, 0.1) is 11.8 Å². The van der Waals surface area contributed by atoms with Gasteiger partial charge in [-0.05, 0) is 47.8 Å². The van der Waals surface area contributed by atoms with Gasteiger partial charge in [-0.3, -0.25) is 0 Å². The molecule has 0 saturated heterocycles. The first-order chi connectivity index (χ1) is 7.67. The highest BCUT2D eigenvalue weighted by Gasteiger charge is 2.39. The fraction of sp³-hybridized carbons (Fsp3) is 0.600. The molecule has 0 nitrogen and oxygen atoms in total. The van der Waals surface area contributed by atoms with Crippen LogP contribution in [0.15, 0.2) is 18.2 Å². The highest BCUT2D eigenvalue weighted by atomic mass is 35.5. The lowest BCUT2D eigenvalue weighted by Gasteiger charge is -2.13. The molecule has 1 aromatic rings. The molecule has 0 spiro atoms. The second-order valence-corrected chi connectivity index (χ2v) is 5.48. The minimum absolute atomic E-state index is 0.228. The van der Waals surface area contributed by atoms with Crippen molar-refractivity contribution in [3.8, 4) is 0 Å². The Morgan fingerprint density at radius 1 is 1.25 bits per heavy atom. The molecule has 0 amide bonds. The number of aryl methyl sites for hydroxylation is 2. The van der Waals surface area contributed by atoms with Gasteiger partial charge in [0.2, 0.25) is 0 Å². The van der Waals surface area contributed by atoms with Crippen LogP contribution >= 0.6 is 11.6 Å². The predicted molar refractivity (Wildman–Crippen MR) is 71.1 cm³/mol. The monoisotopic (exact) mass is 236 g/mol. The van der Waals surface area contributed by atoms with E-state index < -0.39 is 0 Å². The topological polar surface area (TPSA) is 0 Å². The maximum atomic E-state index is 6.52. The van der Waals surface area contributed by atoms with Crippen molar-refractivity contribution in [3.05, 3.63) is 34.9 Å². The van der Waals surface area contributed by atoms with Gasteiger partial charge >= 0.3 is 0 Å². The summed E-state index contributed by atoms with van der Waals surface area (Å²) in [5.41, 5.74) is 4.27. The van der Waals surface area contributed by atoms with Gasteiger partial charge in [0, 0.05) is 0 Å². The second-order valence-electron chi connectivity index (χ2n) is 5.01. The predicted octanol–water partition coefficient (Wildman–Crippen LogP) is 4.75. The van der Waals surface area contributed by atoms with Crippen LogP contribution in [-0.2, 0) is 12.8 Å². The van der Waals surface area contributed by atoms with Crippen LogP contribution in [0.5, 0.6) is 0 Å². The Morgan fingerprint density at radius 3 is 2.38 bits per heavy atom. The molecule has 0 aliphatic heterocycles. The quantitative estimate of drug-likeness (QED) is 0.662. The van der Waals surface area contributed by atoms with E-state index in [2.05, 4.69) is 39.0 Å². The number of hydrogen-bond donors (Lipinski definition) is 0. The molecule has 0 aromatic heterocycles. The van der Waals surface area contributed by atoms with Crippen LogP contribution in [0.25, 0.3) is 0 Å². The van der Waals surface area contributed by atoms with Crippen molar-refractivity contribution in [3.63, 3.8) is 0 Å². The van der Waals surface area contributed by atoms with E-state index in [-0.39, 0.29) is 5.38 Å². The second kappa shape index (κ2) is 4.79. The molecule has 1 aliphatic rings. The Hall–Kier alpha value is -0.490. The molecule has 1 aliphatic carbocycles. The molecule has 3 unspecified atom stereocenters. The largest absolute Gasteiger partial charge is 0.118 e. The van der Waals surface area contributed by atoms with Gasteiger partial charge in [0.15, 0.2) is 0 Å². The fourth-order valence-electron chi connectivity index (χ4n) is 2.50. The average Bonchev–Trinajstić information content (AvgIpc) is 3.04. The zero-order chi connectivity index (χ0) is 11.7. The Balaban J connectivity index is 2.21. The first-order valence-corrected chi connectivity index (χ1v) is 6.86. The highest BCUT2D eigenvalue weighted by molar-refractivity contribution is 6.21. The first-order valence-electron chi connectivity index (χ1n) is 6.43. The molecule has 3 atom stereocenters. The molecule has 0 heterocycles. The van der Waals surface area contributed by atoms with Crippen LogP contribution < -0.4 is 0 Å². The summed E-state index contributed by atoms with van der Waals surface area (Å²) in [7, 11) is 0. The summed E-state index contributed by atoms with van der Waals surface area (Å²) in [6, 6.07) is 6.80. The summed E-state index contributed by atoms with van der Waals surface area (Å²) >= 11 is 6.52. The Labute approximate surface area is 104 Å². The third-order valence-electron chi connectivity index (χ3n) is 3.86. The lowest BCUT2D eigenvalue weighted by molar-refractivity contribution is 0.721.